The lowest BCUT2D eigenvalue weighted by Gasteiger charge is -2.13. The number of nitrogens with one attached hydrogen (secondary N) is 1. The molecule has 1 aromatic heterocycles. The highest BCUT2D eigenvalue weighted by molar-refractivity contribution is 8.00. The van der Waals surface area contributed by atoms with E-state index < -0.39 is 0 Å². The van der Waals surface area contributed by atoms with E-state index in [1.54, 1.807) is 14.0 Å². The Hall–Kier alpha value is -1.30. The van der Waals surface area contributed by atoms with Gasteiger partial charge in [0.05, 0.1) is 5.25 Å². The number of amides is 1. The summed E-state index contributed by atoms with van der Waals surface area (Å²) >= 11 is 1.30. The number of hydrogen-bond donors (Lipinski definition) is 1. The summed E-state index contributed by atoms with van der Waals surface area (Å²) in [7, 11) is 1.66. The van der Waals surface area contributed by atoms with Crippen molar-refractivity contribution in [2.24, 2.45) is 7.05 Å². The maximum absolute atomic E-state index is 11.7. The minimum atomic E-state index is -0.267. The maximum atomic E-state index is 11.7. The Morgan fingerprint density at radius 1 is 1.61 bits per heavy atom. The molecule has 1 unspecified atom stereocenters. The van der Waals surface area contributed by atoms with Gasteiger partial charge in [-0.2, -0.15) is 0 Å². The van der Waals surface area contributed by atoms with Gasteiger partial charge in [0.1, 0.15) is 0 Å². The molecule has 18 heavy (non-hydrogen) atoms. The molecule has 1 amide bonds. The molecule has 1 atom stereocenters. The van der Waals surface area contributed by atoms with Crippen LogP contribution in [0.15, 0.2) is 16.0 Å². The molecule has 0 fully saturated rings. The van der Waals surface area contributed by atoms with Crippen LogP contribution < -0.4 is 10.9 Å². The first-order valence-electron chi connectivity index (χ1n) is 5.94. The Morgan fingerprint density at radius 3 is 2.89 bits per heavy atom. The van der Waals surface area contributed by atoms with E-state index >= 15 is 0 Å². The molecule has 0 bridgehead atoms. The molecule has 5 nitrogen and oxygen atoms in total. The van der Waals surface area contributed by atoms with Crippen LogP contribution in [0.5, 0.6) is 0 Å². The predicted molar refractivity (Wildman–Crippen MR) is 72.8 cm³/mol. The van der Waals surface area contributed by atoms with E-state index in [1.165, 1.54) is 22.4 Å². The lowest BCUT2D eigenvalue weighted by atomic mass is 10.4. The molecule has 0 radical (unpaired) electrons. The first-order chi connectivity index (χ1) is 8.45. The number of hydrogen-bond acceptors (Lipinski definition) is 4. The van der Waals surface area contributed by atoms with E-state index in [9.17, 15) is 9.59 Å². The Morgan fingerprint density at radius 2 is 2.28 bits per heavy atom. The molecule has 0 spiro atoms. The van der Waals surface area contributed by atoms with Gasteiger partial charge >= 0.3 is 0 Å². The van der Waals surface area contributed by atoms with Crippen LogP contribution in [0.3, 0.4) is 0 Å². The van der Waals surface area contributed by atoms with E-state index in [0.717, 1.165) is 6.42 Å². The summed E-state index contributed by atoms with van der Waals surface area (Å²) in [6.45, 7) is 6.26. The van der Waals surface area contributed by atoms with Crippen LogP contribution in [0, 0.1) is 6.92 Å². The van der Waals surface area contributed by atoms with Crippen molar-refractivity contribution in [1.29, 1.82) is 0 Å². The van der Waals surface area contributed by atoms with E-state index in [2.05, 4.69) is 10.3 Å². The van der Waals surface area contributed by atoms with E-state index in [4.69, 9.17) is 0 Å². The standard InChI is InChI=1S/C12H19N3O2S/c1-5-6-13-11(17)9(3)18-12-14-8(2)7-10(16)15(12)4/h7,9H,5-6H2,1-4H3,(H,13,17). The molecular formula is C12H19N3O2S. The summed E-state index contributed by atoms with van der Waals surface area (Å²) in [5.74, 6) is -0.0300. The van der Waals surface area contributed by atoms with Gasteiger partial charge in [-0.05, 0) is 20.3 Å². The number of carbonyl (C=O) groups is 1. The summed E-state index contributed by atoms with van der Waals surface area (Å²) < 4.78 is 1.46. The molecule has 1 N–H and O–H groups in total. The number of aromatic nitrogens is 2. The van der Waals surface area contributed by atoms with Gasteiger partial charge in [-0.25, -0.2) is 4.98 Å². The second-order valence-corrected chi connectivity index (χ2v) is 5.44. The highest BCUT2D eigenvalue weighted by atomic mass is 32.2. The zero-order valence-electron chi connectivity index (χ0n) is 11.2. The van der Waals surface area contributed by atoms with Crippen LogP contribution in [0.2, 0.25) is 0 Å². The average molecular weight is 269 g/mol. The molecule has 6 heteroatoms. The van der Waals surface area contributed by atoms with Crippen LogP contribution in [0.25, 0.3) is 0 Å². The van der Waals surface area contributed by atoms with E-state index in [0.29, 0.717) is 17.4 Å². The Labute approximate surface area is 111 Å². The molecule has 1 heterocycles. The van der Waals surface area contributed by atoms with Gasteiger partial charge in [0, 0.05) is 25.4 Å². The molecule has 1 aromatic rings. The van der Waals surface area contributed by atoms with Crippen molar-refractivity contribution in [3.8, 4) is 0 Å². The van der Waals surface area contributed by atoms with Gasteiger partial charge in [-0.15, -0.1) is 0 Å². The van der Waals surface area contributed by atoms with Gasteiger partial charge < -0.3 is 5.32 Å². The van der Waals surface area contributed by atoms with Gasteiger partial charge in [-0.3, -0.25) is 14.2 Å². The van der Waals surface area contributed by atoms with Crippen LogP contribution in [0.1, 0.15) is 26.0 Å². The number of thioether (sulfide) groups is 1. The van der Waals surface area contributed by atoms with Crippen molar-refractivity contribution >= 4 is 17.7 Å². The van der Waals surface area contributed by atoms with E-state index in [-0.39, 0.29) is 16.7 Å². The Balaban J connectivity index is 2.78. The minimum Gasteiger partial charge on any atom is -0.355 e. The zero-order valence-corrected chi connectivity index (χ0v) is 12.0. The average Bonchev–Trinajstić information content (AvgIpc) is 2.32. The lowest BCUT2D eigenvalue weighted by molar-refractivity contribution is -0.120. The largest absolute Gasteiger partial charge is 0.355 e. The quantitative estimate of drug-likeness (QED) is 0.642. The van der Waals surface area contributed by atoms with Gasteiger partial charge in [0.2, 0.25) is 5.91 Å². The maximum Gasteiger partial charge on any atom is 0.254 e. The van der Waals surface area contributed by atoms with Gasteiger partial charge in [-0.1, -0.05) is 18.7 Å². The summed E-state index contributed by atoms with van der Waals surface area (Å²) in [6, 6.07) is 1.48. The first-order valence-corrected chi connectivity index (χ1v) is 6.82. The molecule has 0 aliphatic heterocycles. The second-order valence-electron chi connectivity index (χ2n) is 4.13. The summed E-state index contributed by atoms with van der Waals surface area (Å²) in [6.07, 6.45) is 0.907. The van der Waals surface area contributed by atoms with Crippen molar-refractivity contribution in [1.82, 2.24) is 14.9 Å². The number of carbonyl (C=O) groups excluding carboxylic acids is 1. The third-order valence-electron chi connectivity index (χ3n) is 2.42. The van der Waals surface area contributed by atoms with Gasteiger partial charge in [0.25, 0.3) is 5.56 Å². The fourth-order valence-electron chi connectivity index (χ4n) is 1.34. The van der Waals surface area contributed by atoms with Crippen LogP contribution in [0.4, 0.5) is 0 Å². The Kier molecular flexibility index (Phi) is 5.40. The summed E-state index contributed by atoms with van der Waals surface area (Å²) in [5.41, 5.74) is 0.563. The molecule has 100 valence electrons. The van der Waals surface area contributed by atoms with Crippen LogP contribution >= 0.6 is 11.8 Å². The highest BCUT2D eigenvalue weighted by Crippen LogP contribution is 2.19. The Bertz CT molecular complexity index is 485. The summed E-state index contributed by atoms with van der Waals surface area (Å²) in [5, 5.41) is 3.13. The lowest BCUT2D eigenvalue weighted by Crippen LogP contribution is -2.32. The first kappa shape index (κ1) is 14.8. The normalized spacial score (nSPS) is 12.2. The second kappa shape index (κ2) is 6.58. The van der Waals surface area contributed by atoms with Crippen LogP contribution in [-0.2, 0) is 11.8 Å². The van der Waals surface area contributed by atoms with Crippen molar-refractivity contribution in [2.45, 2.75) is 37.6 Å². The number of nitrogens with zero attached hydrogens (tertiary/aromatic N) is 2. The van der Waals surface area contributed by atoms with Crippen LogP contribution in [-0.4, -0.2) is 27.3 Å². The number of aryl methyl sites for hydroxylation is 1. The fraction of sp³-hybridized carbons (Fsp3) is 0.583. The SMILES string of the molecule is CCCNC(=O)C(C)Sc1nc(C)cc(=O)n1C. The molecule has 0 saturated carbocycles. The third-order valence-corrected chi connectivity index (χ3v) is 3.57. The predicted octanol–water partition coefficient (Wildman–Crippen LogP) is 1.10. The van der Waals surface area contributed by atoms with Crippen molar-refractivity contribution in [2.75, 3.05) is 6.54 Å². The molecule has 0 aliphatic carbocycles. The van der Waals surface area contributed by atoms with Crippen molar-refractivity contribution < 1.29 is 4.79 Å². The summed E-state index contributed by atoms with van der Waals surface area (Å²) in [4.78, 5) is 27.6. The fourth-order valence-corrected chi connectivity index (χ4v) is 2.29. The molecular weight excluding hydrogens is 250 g/mol. The molecule has 0 aromatic carbocycles. The minimum absolute atomic E-state index is 0.0300. The van der Waals surface area contributed by atoms with Gasteiger partial charge in [0.15, 0.2) is 5.16 Å². The van der Waals surface area contributed by atoms with Crippen molar-refractivity contribution in [3.05, 3.63) is 22.1 Å². The molecule has 0 aliphatic rings. The smallest absolute Gasteiger partial charge is 0.254 e. The van der Waals surface area contributed by atoms with Crippen molar-refractivity contribution in [3.63, 3.8) is 0 Å². The number of rotatable bonds is 5. The highest BCUT2D eigenvalue weighted by Gasteiger charge is 2.16. The topological polar surface area (TPSA) is 64.0 Å². The zero-order chi connectivity index (χ0) is 13.7. The molecule has 1 rings (SSSR count). The molecule has 0 saturated heterocycles. The third kappa shape index (κ3) is 3.87. The monoisotopic (exact) mass is 269 g/mol. The van der Waals surface area contributed by atoms with E-state index in [1.807, 2.05) is 13.8 Å².